The third kappa shape index (κ3) is 14.7. The lowest BCUT2D eigenvalue weighted by Crippen LogP contribution is -2.46. The van der Waals surface area contributed by atoms with Gasteiger partial charge in [0.1, 0.15) is 23.3 Å². The molecule has 0 aliphatic carbocycles. The van der Waals surface area contributed by atoms with Crippen LogP contribution in [0.25, 0.3) is 22.3 Å². The summed E-state index contributed by atoms with van der Waals surface area (Å²) in [7, 11) is 1.55. The molecule has 5 atom stereocenters. The number of ether oxygens (including phenoxy) is 1. The third-order valence-corrected chi connectivity index (χ3v) is 13.2. The summed E-state index contributed by atoms with van der Waals surface area (Å²) in [6.07, 6.45) is 7.52. The van der Waals surface area contributed by atoms with Crippen LogP contribution in [0.15, 0.2) is 84.9 Å². The second-order valence-electron chi connectivity index (χ2n) is 18.3. The van der Waals surface area contributed by atoms with Crippen LogP contribution in [-0.2, 0) is 30.4 Å². The van der Waals surface area contributed by atoms with E-state index < -0.39 is 47.4 Å². The number of nitrogens with one attached hydrogen (secondary N) is 1. The summed E-state index contributed by atoms with van der Waals surface area (Å²) in [5.41, 5.74) is 10.1. The number of phenols is 1. The van der Waals surface area contributed by atoms with E-state index >= 15 is 0 Å². The number of nitrogens with zero attached hydrogens (tertiary/aromatic N) is 1. The zero-order valence-corrected chi connectivity index (χ0v) is 40.5. The topological polar surface area (TPSA) is 173 Å². The van der Waals surface area contributed by atoms with Crippen LogP contribution in [0.2, 0.25) is 5.02 Å². The number of benzene rings is 4. The number of carbonyl (C=O) groups is 6. The van der Waals surface area contributed by atoms with E-state index in [1.54, 1.807) is 75.5 Å². The molecule has 1 aliphatic heterocycles. The number of unbranched alkanes of at least 4 members (excludes halogenated alkanes) is 6. The highest BCUT2D eigenvalue weighted by Crippen LogP contribution is 2.40. The second-order valence-corrected chi connectivity index (χ2v) is 18.7. The summed E-state index contributed by atoms with van der Waals surface area (Å²) in [6, 6.07) is 22.6. The maximum atomic E-state index is 14.9. The lowest BCUT2D eigenvalue weighted by atomic mass is 9.87. The quantitative estimate of drug-likeness (QED) is 0.0512. The Hall–Kier alpha value is -5.65. The van der Waals surface area contributed by atoms with E-state index in [0.717, 1.165) is 43.2 Å². The van der Waals surface area contributed by atoms with Crippen molar-refractivity contribution >= 4 is 46.5 Å². The molecule has 1 heterocycles. The van der Waals surface area contributed by atoms with Crippen molar-refractivity contribution in [3.05, 3.63) is 107 Å². The number of aromatic hydroxyl groups is 1. The van der Waals surface area contributed by atoms with E-state index in [4.69, 9.17) is 22.1 Å². The highest BCUT2D eigenvalue weighted by molar-refractivity contribution is 6.30. The zero-order chi connectivity index (χ0) is 48.6. The van der Waals surface area contributed by atoms with Gasteiger partial charge in [-0.15, -0.1) is 0 Å². The Bertz CT molecular complexity index is 2350. The van der Waals surface area contributed by atoms with E-state index in [1.807, 2.05) is 24.3 Å². The van der Waals surface area contributed by atoms with Crippen LogP contribution in [-0.4, -0.2) is 71.2 Å². The number of Topliss-reactive ketones (excluding diaryl/α,β-unsaturated/α-hetero) is 4. The molecule has 0 aromatic heterocycles. The van der Waals surface area contributed by atoms with Crippen molar-refractivity contribution in [2.24, 2.45) is 23.5 Å². The minimum absolute atomic E-state index is 0.0740. The molecule has 67 heavy (non-hydrogen) atoms. The summed E-state index contributed by atoms with van der Waals surface area (Å²) < 4.78 is 6.41. The smallest absolute Gasteiger partial charge is 0.226 e. The van der Waals surface area contributed by atoms with Gasteiger partial charge < -0.3 is 25.8 Å². The van der Waals surface area contributed by atoms with E-state index in [-0.39, 0.29) is 48.8 Å². The normalized spacial score (nSPS) is 17.1. The number of amides is 2. The van der Waals surface area contributed by atoms with Gasteiger partial charge in [0.15, 0.2) is 17.3 Å². The first-order chi connectivity index (χ1) is 32.1. The molecule has 0 spiro atoms. The summed E-state index contributed by atoms with van der Waals surface area (Å²) in [6.45, 7) is 7.69. The molecule has 4 aromatic rings. The molecule has 0 unspecified atom stereocenters. The molecule has 5 rings (SSSR count). The van der Waals surface area contributed by atoms with E-state index in [2.05, 4.69) is 12.2 Å². The maximum Gasteiger partial charge on any atom is 0.226 e. The third-order valence-electron chi connectivity index (χ3n) is 12.9. The van der Waals surface area contributed by atoms with Crippen molar-refractivity contribution in [3.8, 4) is 33.8 Å². The lowest BCUT2D eigenvalue weighted by molar-refractivity contribution is -0.142. The van der Waals surface area contributed by atoms with Gasteiger partial charge >= 0.3 is 0 Å². The molecule has 2 amide bonds. The van der Waals surface area contributed by atoms with Crippen LogP contribution in [0.1, 0.15) is 132 Å². The molecular formula is C55H68ClN3O8. The Balaban J connectivity index is 1.54. The summed E-state index contributed by atoms with van der Waals surface area (Å²) in [4.78, 5) is 85.0. The molecule has 0 radical (unpaired) electrons. The fourth-order valence-electron chi connectivity index (χ4n) is 8.65. The largest absolute Gasteiger partial charge is 0.507 e. The number of nitrogens with two attached hydrogens (primary N) is 1. The summed E-state index contributed by atoms with van der Waals surface area (Å²) in [5.74, 6) is -3.97. The highest BCUT2D eigenvalue weighted by Gasteiger charge is 2.36. The van der Waals surface area contributed by atoms with E-state index in [0.29, 0.717) is 71.0 Å². The summed E-state index contributed by atoms with van der Waals surface area (Å²) in [5, 5.41) is 15.0. The number of fused-ring (bicyclic) bond motifs is 5. The lowest BCUT2D eigenvalue weighted by Gasteiger charge is -2.32. The number of ketones is 4. The molecule has 0 saturated heterocycles. The van der Waals surface area contributed by atoms with Gasteiger partial charge in [-0.3, -0.25) is 28.8 Å². The first-order valence-corrected chi connectivity index (χ1v) is 24.3. The monoisotopic (exact) mass is 933 g/mol. The van der Waals surface area contributed by atoms with E-state index in [1.165, 1.54) is 24.3 Å². The van der Waals surface area contributed by atoms with Gasteiger partial charge in [-0.2, -0.15) is 0 Å². The van der Waals surface area contributed by atoms with Crippen LogP contribution in [0.3, 0.4) is 0 Å². The van der Waals surface area contributed by atoms with Crippen molar-refractivity contribution in [1.82, 2.24) is 10.2 Å². The Kier molecular flexibility index (Phi) is 19.9. The number of phenolic OH excluding ortho intramolecular Hbond substituents is 1. The van der Waals surface area contributed by atoms with Crippen molar-refractivity contribution in [3.63, 3.8) is 0 Å². The van der Waals surface area contributed by atoms with Crippen LogP contribution >= 0.6 is 11.6 Å². The molecule has 4 N–H and O–H groups in total. The van der Waals surface area contributed by atoms with Gasteiger partial charge in [-0.25, -0.2) is 0 Å². The van der Waals surface area contributed by atoms with Crippen molar-refractivity contribution in [2.75, 3.05) is 20.2 Å². The fourth-order valence-corrected chi connectivity index (χ4v) is 8.78. The number of likely N-dealkylation sites (N-methyl/N-ethyl adjacent to an activating group) is 1. The highest BCUT2D eigenvalue weighted by atomic mass is 35.5. The van der Waals surface area contributed by atoms with Crippen molar-refractivity contribution < 1.29 is 38.6 Å². The van der Waals surface area contributed by atoms with Crippen LogP contribution in [0, 0.1) is 17.8 Å². The van der Waals surface area contributed by atoms with Crippen LogP contribution in [0.4, 0.5) is 0 Å². The SMILES string of the molecule is CCCCCCCCOc1ccc2cc1-c1cc(ccc1O)C[C@@H](C(=O)C[C@@H](C)C(C)=O)NC(=O)[C@H](C)CC(=O)[C@H]2N(C)C(=O)[C@H](CCCCN)CC(=O)c1ccc(-c2ccc(Cl)cc2)cc1. The van der Waals surface area contributed by atoms with Gasteiger partial charge in [0.2, 0.25) is 11.8 Å². The maximum absolute atomic E-state index is 14.9. The van der Waals surface area contributed by atoms with Gasteiger partial charge in [-0.05, 0) is 97.8 Å². The number of carbonyl (C=O) groups excluding carboxylic acids is 6. The number of hydrogen-bond donors (Lipinski definition) is 3. The molecule has 4 bridgehead atoms. The zero-order valence-electron chi connectivity index (χ0n) is 39.8. The summed E-state index contributed by atoms with van der Waals surface area (Å²) >= 11 is 6.09. The van der Waals surface area contributed by atoms with Crippen molar-refractivity contribution in [2.45, 2.75) is 123 Å². The predicted octanol–water partition coefficient (Wildman–Crippen LogP) is 10.5. The average molecular weight is 935 g/mol. The Morgan fingerprint density at radius 2 is 1.51 bits per heavy atom. The molecule has 0 saturated carbocycles. The molecule has 358 valence electrons. The van der Waals surface area contributed by atoms with Crippen LogP contribution in [0.5, 0.6) is 11.5 Å². The molecule has 4 aromatic carbocycles. The first-order valence-electron chi connectivity index (χ1n) is 23.9. The molecule has 12 heteroatoms. The van der Waals surface area contributed by atoms with Gasteiger partial charge in [0, 0.05) is 65.8 Å². The number of halogens is 1. The van der Waals surface area contributed by atoms with Gasteiger partial charge in [-0.1, -0.05) is 119 Å². The first kappa shape index (κ1) is 52.3. The number of rotatable bonds is 22. The molecule has 1 aliphatic rings. The molecular weight excluding hydrogens is 866 g/mol. The minimum atomic E-state index is -1.21. The second kappa shape index (κ2) is 25.5. The van der Waals surface area contributed by atoms with Crippen molar-refractivity contribution in [1.29, 1.82) is 0 Å². The predicted molar refractivity (Wildman–Crippen MR) is 264 cm³/mol. The fraction of sp³-hybridized carbons (Fsp3) is 0.455. The van der Waals surface area contributed by atoms with Crippen LogP contribution < -0.4 is 15.8 Å². The van der Waals surface area contributed by atoms with Gasteiger partial charge in [0.25, 0.3) is 0 Å². The standard InChI is InChI=1S/C55H68ClN3O8/c1-6-7-8-9-10-13-28-67-52-26-22-42-33-46(52)45-31-38(15-25-48(45)61)32-47(50(63)29-35(2)37(4)60)58-54(65)36(3)30-51(64)53(42)59(5)55(66)43(14-11-12-27-57)34-49(62)41-18-16-39(17-19-41)40-20-23-44(56)24-21-40/h15-26,31,33,35-36,43,47,53,61H,6-14,27-30,32,34,57H2,1-5H3,(H,58,65)/t35-,36-,43-,47+,53+/m1/s1. The Morgan fingerprint density at radius 1 is 0.836 bits per heavy atom. The Morgan fingerprint density at radius 3 is 2.18 bits per heavy atom. The number of hydrogen-bond acceptors (Lipinski definition) is 9. The molecule has 0 fully saturated rings. The minimum Gasteiger partial charge on any atom is -0.507 e. The van der Waals surface area contributed by atoms with Gasteiger partial charge in [0.05, 0.1) is 12.6 Å². The molecule has 11 nitrogen and oxygen atoms in total. The average Bonchev–Trinajstić information content (AvgIpc) is 3.31. The van der Waals surface area contributed by atoms with E-state index in [9.17, 15) is 33.9 Å². The Labute approximate surface area is 401 Å².